The average Bonchev–Trinajstić information content (AvgIpc) is 3.15. The van der Waals surface area contributed by atoms with Crippen molar-refractivity contribution in [2.24, 2.45) is 5.92 Å². The molecule has 6 nitrogen and oxygen atoms in total. The Morgan fingerprint density at radius 2 is 1.87 bits per heavy atom. The highest BCUT2D eigenvalue weighted by Gasteiger charge is 2.40. The fraction of sp³-hybridized carbons (Fsp3) is 0.391. The second-order valence-electron chi connectivity index (χ2n) is 7.84. The van der Waals surface area contributed by atoms with Crippen molar-refractivity contribution in [2.75, 3.05) is 44.7 Å². The van der Waals surface area contributed by atoms with Crippen LogP contribution in [0.5, 0.6) is 5.75 Å². The van der Waals surface area contributed by atoms with Gasteiger partial charge in [-0.25, -0.2) is 4.39 Å². The number of hydrogen-bond acceptors (Lipinski definition) is 4. The first kappa shape index (κ1) is 21.8. The molecule has 0 radical (unpaired) electrons. The number of methoxy groups -OCH3 is 1. The molecule has 0 spiro atoms. The number of hydrogen-bond donors (Lipinski definition) is 0. The zero-order chi connectivity index (χ0) is 22.0. The highest BCUT2D eigenvalue weighted by Crippen LogP contribution is 2.32. The number of rotatable bonds is 5. The summed E-state index contributed by atoms with van der Waals surface area (Å²) in [4.78, 5) is 31.7. The Labute approximate surface area is 189 Å². The minimum absolute atomic E-state index is 0.0949. The summed E-state index contributed by atoms with van der Waals surface area (Å²) in [6, 6.07) is 12.1. The predicted molar refractivity (Wildman–Crippen MR) is 119 cm³/mol. The van der Waals surface area contributed by atoms with Gasteiger partial charge in [-0.2, -0.15) is 0 Å². The van der Waals surface area contributed by atoms with Gasteiger partial charge in [0.1, 0.15) is 17.5 Å². The molecule has 2 amide bonds. The van der Waals surface area contributed by atoms with Crippen LogP contribution in [0.15, 0.2) is 46.9 Å². The van der Waals surface area contributed by atoms with Crippen LogP contribution < -0.4 is 9.64 Å². The van der Waals surface area contributed by atoms with Crippen LogP contribution in [0.4, 0.5) is 10.1 Å². The molecular weight excluding hydrogens is 465 g/mol. The van der Waals surface area contributed by atoms with Crippen LogP contribution in [0.25, 0.3) is 0 Å². The van der Waals surface area contributed by atoms with Gasteiger partial charge < -0.3 is 14.5 Å². The van der Waals surface area contributed by atoms with Crippen LogP contribution in [0.2, 0.25) is 0 Å². The van der Waals surface area contributed by atoms with E-state index in [9.17, 15) is 14.0 Å². The van der Waals surface area contributed by atoms with Crippen LogP contribution in [0.1, 0.15) is 12.0 Å². The van der Waals surface area contributed by atoms with Crippen LogP contribution >= 0.6 is 15.9 Å². The summed E-state index contributed by atoms with van der Waals surface area (Å²) < 4.78 is 19.8. The summed E-state index contributed by atoms with van der Waals surface area (Å²) in [5, 5.41) is 0. The van der Waals surface area contributed by atoms with E-state index in [2.05, 4.69) is 20.8 Å². The lowest BCUT2D eigenvalue weighted by atomic mass is 10.1. The van der Waals surface area contributed by atoms with Gasteiger partial charge in [0.05, 0.1) is 12.8 Å². The van der Waals surface area contributed by atoms with Gasteiger partial charge in [-0.15, -0.1) is 0 Å². The van der Waals surface area contributed by atoms with E-state index in [1.165, 1.54) is 12.1 Å². The van der Waals surface area contributed by atoms with Crippen molar-refractivity contribution >= 4 is 33.4 Å². The number of amides is 2. The number of nitrogens with zero attached hydrogens (tertiary/aromatic N) is 3. The Morgan fingerprint density at radius 3 is 2.58 bits per heavy atom. The highest BCUT2D eigenvalue weighted by molar-refractivity contribution is 9.10. The summed E-state index contributed by atoms with van der Waals surface area (Å²) in [5.41, 5.74) is 1.59. The normalized spacial score (nSPS) is 19.7. The van der Waals surface area contributed by atoms with Crippen LogP contribution in [-0.4, -0.2) is 61.4 Å². The van der Waals surface area contributed by atoms with Gasteiger partial charge in [-0.1, -0.05) is 12.1 Å². The minimum atomic E-state index is -0.623. The van der Waals surface area contributed by atoms with E-state index in [1.807, 2.05) is 24.3 Å². The molecule has 8 heteroatoms. The minimum Gasteiger partial charge on any atom is -0.496 e. The molecule has 2 saturated heterocycles. The van der Waals surface area contributed by atoms with Crippen molar-refractivity contribution in [3.8, 4) is 5.75 Å². The summed E-state index contributed by atoms with van der Waals surface area (Å²) in [5.74, 6) is -0.490. The second kappa shape index (κ2) is 9.36. The number of piperazine rings is 1. The molecule has 0 N–H and O–H groups in total. The van der Waals surface area contributed by atoms with Gasteiger partial charge >= 0.3 is 0 Å². The fourth-order valence-electron chi connectivity index (χ4n) is 4.28. The third kappa shape index (κ3) is 4.60. The van der Waals surface area contributed by atoms with E-state index in [0.29, 0.717) is 51.4 Å². The molecule has 164 valence electrons. The molecule has 1 atom stereocenters. The van der Waals surface area contributed by atoms with Crippen molar-refractivity contribution < 1.29 is 18.7 Å². The van der Waals surface area contributed by atoms with Crippen LogP contribution in [0.3, 0.4) is 0 Å². The van der Waals surface area contributed by atoms with Gasteiger partial charge in [0.25, 0.3) is 0 Å². The number of benzene rings is 2. The van der Waals surface area contributed by atoms with Gasteiger partial charge in [0.15, 0.2) is 0 Å². The van der Waals surface area contributed by atoms with Crippen molar-refractivity contribution in [2.45, 2.75) is 13.0 Å². The van der Waals surface area contributed by atoms with E-state index < -0.39 is 5.92 Å². The second-order valence-corrected chi connectivity index (χ2v) is 8.69. The molecule has 1 unspecified atom stereocenters. The lowest BCUT2D eigenvalue weighted by Crippen LogP contribution is -2.51. The fourth-order valence-corrected chi connectivity index (χ4v) is 4.78. The molecule has 0 bridgehead atoms. The maximum absolute atomic E-state index is 13.6. The number of para-hydroxylation sites is 1. The van der Waals surface area contributed by atoms with Crippen molar-refractivity contribution in [3.63, 3.8) is 0 Å². The van der Waals surface area contributed by atoms with E-state index in [-0.39, 0.29) is 17.6 Å². The third-order valence-electron chi connectivity index (χ3n) is 5.97. The molecule has 2 aliphatic heterocycles. The van der Waals surface area contributed by atoms with Gasteiger partial charge in [-0.3, -0.25) is 14.5 Å². The monoisotopic (exact) mass is 489 g/mol. The van der Waals surface area contributed by atoms with E-state index >= 15 is 0 Å². The van der Waals surface area contributed by atoms with Crippen LogP contribution in [-0.2, 0) is 16.1 Å². The summed E-state index contributed by atoms with van der Waals surface area (Å²) in [6.07, 6.45) is 0.527. The Bertz CT molecular complexity index is 978. The van der Waals surface area contributed by atoms with E-state index in [0.717, 1.165) is 15.7 Å². The molecular formula is C23H25BrFN3O3. The first-order valence-electron chi connectivity index (χ1n) is 10.4. The number of halogens is 2. The number of carbonyl (C=O) groups excluding carboxylic acids is 2. The molecule has 4 rings (SSSR count). The van der Waals surface area contributed by atoms with Crippen molar-refractivity contribution in [1.82, 2.24) is 9.80 Å². The zero-order valence-electron chi connectivity index (χ0n) is 17.4. The SMILES string of the molecule is COc1ccc(F)cc1CN1CCN(C(=O)C2CCN(c3ccccc3Br)C2=O)CC1. The lowest BCUT2D eigenvalue weighted by Gasteiger charge is -2.36. The van der Waals surface area contributed by atoms with Gasteiger partial charge in [0, 0.05) is 49.3 Å². The van der Waals surface area contributed by atoms with E-state index in [4.69, 9.17) is 4.74 Å². The molecule has 2 aromatic rings. The van der Waals surface area contributed by atoms with Gasteiger partial charge in [-0.05, 0) is 52.7 Å². The van der Waals surface area contributed by atoms with Crippen molar-refractivity contribution in [3.05, 3.63) is 58.3 Å². The first-order valence-corrected chi connectivity index (χ1v) is 11.2. The molecule has 31 heavy (non-hydrogen) atoms. The number of ether oxygens (including phenoxy) is 1. The maximum atomic E-state index is 13.6. The lowest BCUT2D eigenvalue weighted by molar-refractivity contribution is -0.141. The molecule has 0 aliphatic carbocycles. The summed E-state index contributed by atoms with van der Waals surface area (Å²) >= 11 is 3.49. The molecule has 2 aliphatic rings. The Balaban J connectivity index is 1.35. The maximum Gasteiger partial charge on any atom is 0.239 e. The molecule has 2 aromatic carbocycles. The zero-order valence-corrected chi connectivity index (χ0v) is 19.0. The quantitative estimate of drug-likeness (QED) is 0.604. The summed E-state index contributed by atoms with van der Waals surface area (Å²) in [7, 11) is 1.57. The molecule has 2 fully saturated rings. The first-order chi connectivity index (χ1) is 15.0. The standard InChI is InChI=1S/C23H25BrFN3O3/c1-31-21-7-6-17(25)14-16(21)15-26-10-12-27(13-11-26)22(29)18-8-9-28(23(18)30)20-5-3-2-4-19(20)24/h2-7,14,18H,8-13,15H2,1H3. The number of carbonyl (C=O) groups is 2. The summed E-state index contributed by atoms with van der Waals surface area (Å²) in [6.45, 7) is 3.53. The smallest absolute Gasteiger partial charge is 0.239 e. The largest absolute Gasteiger partial charge is 0.496 e. The van der Waals surface area contributed by atoms with E-state index in [1.54, 1.807) is 23.0 Å². The Kier molecular flexibility index (Phi) is 6.57. The molecule has 0 aromatic heterocycles. The highest BCUT2D eigenvalue weighted by atomic mass is 79.9. The predicted octanol–water partition coefficient (Wildman–Crippen LogP) is 3.29. The van der Waals surface area contributed by atoms with Gasteiger partial charge in [0.2, 0.25) is 11.8 Å². The van der Waals surface area contributed by atoms with Crippen molar-refractivity contribution in [1.29, 1.82) is 0 Å². The Morgan fingerprint density at radius 1 is 1.13 bits per heavy atom. The molecule has 0 saturated carbocycles. The third-order valence-corrected chi connectivity index (χ3v) is 6.64. The van der Waals surface area contributed by atoms with Crippen LogP contribution in [0, 0.1) is 11.7 Å². The number of anilines is 1. The topological polar surface area (TPSA) is 53.1 Å². The molecule has 2 heterocycles. The Hall–Kier alpha value is -2.45. The average molecular weight is 490 g/mol.